The number of nitrogens with zero attached hydrogens (tertiary/aromatic N) is 1. The van der Waals surface area contributed by atoms with Crippen LogP contribution in [0.4, 0.5) is 0 Å². The second-order valence-corrected chi connectivity index (χ2v) is 1.77. The van der Waals surface area contributed by atoms with Gasteiger partial charge in [0, 0.05) is 6.21 Å². The molecule has 0 fully saturated rings. The summed E-state index contributed by atoms with van der Waals surface area (Å²) in [5.41, 5.74) is 5.84. The molecule has 0 aromatic carbocycles. The molecule has 4 heteroatoms. The summed E-state index contributed by atoms with van der Waals surface area (Å²) < 4.78 is 0. The monoisotopic (exact) mass is 142 g/mol. The van der Waals surface area contributed by atoms with E-state index >= 15 is 0 Å². The highest BCUT2D eigenvalue weighted by Crippen LogP contribution is 1.81. The van der Waals surface area contributed by atoms with Gasteiger partial charge in [-0.05, 0) is 18.7 Å². The molecule has 0 rings (SSSR count). The number of hydrogen-bond donors (Lipinski definition) is 2. The molecule has 3 N–H and O–H groups in total. The van der Waals surface area contributed by atoms with Gasteiger partial charge in [-0.25, -0.2) is 0 Å². The normalized spacial score (nSPS) is 12.3. The van der Waals surface area contributed by atoms with E-state index in [-0.39, 0.29) is 6.54 Å². The van der Waals surface area contributed by atoms with Crippen molar-refractivity contribution < 1.29 is 9.90 Å². The fourth-order valence-corrected chi connectivity index (χ4v) is 0.311. The summed E-state index contributed by atoms with van der Waals surface area (Å²) in [5, 5.41) is 8.13. The molecule has 4 nitrogen and oxygen atoms in total. The summed E-state index contributed by atoms with van der Waals surface area (Å²) in [6, 6.07) is 0. The molecule has 0 aromatic rings. The molecular weight excluding hydrogens is 132 g/mol. The first-order chi connectivity index (χ1) is 4.66. The van der Waals surface area contributed by atoms with Crippen LogP contribution in [0.2, 0.25) is 0 Å². The molecule has 0 aromatic heterocycles. The van der Waals surface area contributed by atoms with Gasteiger partial charge >= 0.3 is 5.97 Å². The number of carboxylic acid groups (broad SMARTS) is 1. The SMILES string of the molecule is C/C(C=NCC(=O)O)=C/N. The maximum absolute atomic E-state index is 9.90. The standard InChI is InChI=1S/C6H10N2O2/c1-5(2-7)3-8-4-6(9)10/h2-3H,4,7H2,1H3,(H,9,10)/b5-2-,8-3?. The Balaban J connectivity index is 3.67. The van der Waals surface area contributed by atoms with Crippen molar-refractivity contribution in [2.75, 3.05) is 6.54 Å². The van der Waals surface area contributed by atoms with Gasteiger partial charge in [-0.2, -0.15) is 0 Å². The highest BCUT2D eigenvalue weighted by Gasteiger charge is 1.88. The van der Waals surface area contributed by atoms with Crippen LogP contribution in [0.3, 0.4) is 0 Å². The molecule has 0 bridgehead atoms. The number of allylic oxidation sites excluding steroid dienone is 1. The highest BCUT2D eigenvalue weighted by atomic mass is 16.4. The van der Waals surface area contributed by atoms with Crippen LogP contribution in [0, 0.1) is 0 Å². The van der Waals surface area contributed by atoms with E-state index in [4.69, 9.17) is 10.8 Å². The summed E-state index contributed by atoms with van der Waals surface area (Å²) in [6.45, 7) is 1.54. The lowest BCUT2D eigenvalue weighted by Crippen LogP contribution is -1.99. The Morgan fingerprint density at radius 1 is 1.80 bits per heavy atom. The van der Waals surface area contributed by atoms with E-state index < -0.39 is 5.97 Å². The fourth-order valence-electron chi connectivity index (χ4n) is 0.311. The average Bonchev–Trinajstić information content (AvgIpc) is 1.87. The van der Waals surface area contributed by atoms with Crippen molar-refractivity contribution in [2.45, 2.75) is 6.92 Å². The van der Waals surface area contributed by atoms with Gasteiger partial charge in [-0.3, -0.25) is 9.79 Å². The first kappa shape index (κ1) is 8.68. The van der Waals surface area contributed by atoms with Crippen LogP contribution < -0.4 is 5.73 Å². The van der Waals surface area contributed by atoms with Crippen molar-refractivity contribution in [1.82, 2.24) is 0 Å². The van der Waals surface area contributed by atoms with Crippen molar-refractivity contribution in [3.8, 4) is 0 Å². The molecule has 56 valence electrons. The fraction of sp³-hybridized carbons (Fsp3) is 0.333. The first-order valence-corrected chi connectivity index (χ1v) is 2.77. The van der Waals surface area contributed by atoms with Gasteiger partial charge in [0.1, 0.15) is 6.54 Å². The summed E-state index contributed by atoms with van der Waals surface area (Å²) in [7, 11) is 0. The predicted molar refractivity (Wildman–Crippen MR) is 38.9 cm³/mol. The van der Waals surface area contributed by atoms with Crippen LogP contribution in [0.25, 0.3) is 0 Å². The lowest BCUT2D eigenvalue weighted by Gasteiger charge is -1.86. The summed E-state index contributed by atoms with van der Waals surface area (Å²) in [5.74, 6) is -0.943. The molecule has 0 radical (unpaired) electrons. The smallest absolute Gasteiger partial charge is 0.325 e. The second-order valence-electron chi connectivity index (χ2n) is 1.77. The number of hydrogen-bond acceptors (Lipinski definition) is 3. The summed E-state index contributed by atoms with van der Waals surface area (Å²) >= 11 is 0. The van der Waals surface area contributed by atoms with Gasteiger partial charge in [-0.15, -0.1) is 0 Å². The lowest BCUT2D eigenvalue weighted by molar-refractivity contribution is -0.135. The molecular formula is C6H10N2O2. The zero-order chi connectivity index (χ0) is 7.98. The van der Waals surface area contributed by atoms with Crippen LogP contribution >= 0.6 is 0 Å². The van der Waals surface area contributed by atoms with Crippen LogP contribution in [0.15, 0.2) is 16.8 Å². The molecule has 0 aliphatic heterocycles. The van der Waals surface area contributed by atoms with E-state index in [0.29, 0.717) is 0 Å². The number of aliphatic imine (C=N–C) groups is 1. The van der Waals surface area contributed by atoms with Crippen molar-refractivity contribution in [3.05, 3.63) is 11.8 Å². The number of carboxylic acids is 1. The molecule has 0 amide bonds. The second kappa shape index (κ2) is 4.55. The van der Waals surface area contributed by atoms with E-state index in [2.05, 4.69) is 4.99 Å². The van der Waals surface area contributed by atoms with Gasteiger partial charge in [0.2, 0.25) is 0 Å². The van der Waals surface area contributed by atoms with E-state index in [9.17, 15) is 4.79 Å². The van der Waals surface area contributed by atoms with Crippen LogP contribution in [0.5, 0.6) is 0 Å². The van der Waals surface area contributed by atoms with E-state index in [1.54, 1.807) is 6.92 Å². The average molecular weight is 142 g/mol. The molecule has 0 aliphatic rings. The van der Waals surface area contributed by atoms with E-state index in [1.807, 2.05) is 0 Å². The molecule has 0 atom stereocenters. The Morgan fingerprint density at radius 3 is 2.80 bits per heavy atom. The molecule has 0 spiro atoms. The Kier molecular flexibility index (Phi) is 3.95. The third kappa shape index (κ3) is 4.83. The molecule has 0 heterocycles. The maximum atomic E-state index is 9.90. The van der Waals surface area contributed by atoms with Crippen molar-refractivity contribution in [1.29, 1.82) is 0 Å². The van der Waals surface area contributed by atoms with Crippen LogP contribution in [-0.2, 0) is 4.79 Å². The minimum atomic E-state index is -0.943. The Bertz CT molecular complexity index is 173. The van der Waals surface area contributed by atoms with Gasteiger partial charge < -0.3 is 10.8 Å². The summed E-state index contributed by atoms with van der Waals surface area (Å²) in [6.07, 6.45) is 2.79. The minimum absolute atomic E-state index is 0.203. The van der Waals surface area contributed by atoms with Crippen molar-refractivity contribution in [3.63, 3.8) is 0 Å². The quantitative estimate of drug-likeness (QED) is 0.545. The Morgan fingerprint density at radius 2 is 2.40 bits per heavy atom. The number of rotatable bonds is 3. The van der Waals surface area contributed by atoms with Gasteiger partial charge in [-0.1, -0.05) is 0 Å². The zero-order valence-corrected chi connectivity index (χ0v) is 5.74. The number of aliphatic carboxylic acids is 1. The lowest BCUT2D eigenvalue weighted by atomic mass is 10.4. The Hall–Kier alpha value is -1.32. The van der Waals surface area contributed by atoms with E-state index in [1.165, 1.54) is 12.4 Å². The van der Waals surface area contributed by atoms with Gasteiger partial charge in [0.05, 0.1) is 0 Å². The zero-order valence-electron chi connectivity index (χ0n) is 5.74. The number of nitrogens with two attached hydrogens (primary N) is 1. The van der Waals surface area contributed by atoms with Gasteiger partial charge in [0.25, 0.3) is 0 Å². The largest absolute Gasteiger partial charge is 0.480 e. The predicted octanol–water partition coefficient (Wildman–Crippen LogP) is 0.00430. The minimum Gasteiger partial charge on any atom is -0.480 e. The molecule has 0 aliphatic carbocycles. The van der Waals surface area contributed by atoms with E-state index in [0.717, 1.165) is 5.57 Å². The molecule has 0 saturated carbocycles. The molecule has 10 heavy (non-hydrogen) atoms. The first-order valence-electron chi connectivity index (χ1n) is 2.77. The van der Waals surface area contributed by atoms with Crippen LogP contribution in [-0.4, -0.2) is 23.8 Å². The van der Waals surface area contributed by atoms with Gasteiger partial charge in [0.15, 0.2) is 0 Å². The molecule has 0 saturated heterocycles. The third-order valence-corrected chi connectivity index (χ3v) is 0.784. The van der Waals surface area contributed by atoms with Crippen molar-refractivity contribution >= 4 is 12.2 Å². The summed E-state index contributed by atoms with van der Waals surface area (Å²) in [4.78, 5) is 13.5. The highest BCUT2D eigenvalue weighted by molar-refractivity contribution is 5.80. The van der Waals surface area contributed by atoms with Crippen molar-refractivity contribution in [2.24, 2.45) is 10.7 Å². The Labute approximate surface area is 59.1 Å². The molecule has 0 unspecified atom stereocenters. The number of carbonyl (C=O) groups is 1. The third-order valence-electron chi connectivity index (χ3n) is 0.784. The topological polar surface area (TPSA) is 75.7 Å². The maximum Gasteiger partial charge on any atom is 0.325 e. The van der Waals surface area contributed by atoms with Crippen LogP contribution in [0.1, 0.15) is 6.92 Å².